The first-order valence-electron chi connectivity index (χ1n) is 6.61. The van der Waals surface area contributed by atoms with Crippen molar-refractivity contribution >= 4 is 5.78 Å². The van der Waals surface area contributed by atoms with Crippen molar-refractivity contribution in [2.75, 3.05) is 7.11 Å². The molecular weight excluding hydrogens is 212 g/mol. The zero-order valence-corrected chi connectivity index (χ0v) is 11.7. The predicted molar refractivity (Wildman–Crippen MR) is 68.8 cm³/mol. The average molecular weight is 236 g/mol. The molecule has 17 heavy (non-hydrogen) atoms. The van der Waals surface area contributed by atoms with Gasteiger partial charge in [0.25, 0.3) is 0 Å². The lowest BCUT2D eigenvalue weighted by Gasteiger charge is -2.52. The summed E-state index contributed by atoms with van der Waals surface area (Å²) in [4.78, 5) is 12.3. The number of Topliss-reactive ketones (excluding diaryl/α,β-unsaturated/α-hetero) is 1. The van der Waals surface area contributed by atoms with E-state index in [1.54, 1.807) is 7.11 Å². The van der Waals surface area contributed by atoms with Gasteiger partial charge < -0.3 is 4.74 Å². The predicted octanol–water partition coefficient (Wildman–Crippen LogP) is 3.36. The maximum Gasteiger partial charge on any atom is 0.143 e. The van der Waals surface area contributed by atoms with Crippen LogP contribution < -0.4 is 0 Å². The van der Waals surface area contributed by atoms with Gasteiger partial charge >= 0.3 is 0 Å². The molecule has 0 amide bonds. The largest absolute Gasteiger partial charge is 0.378 e. The molecule has 0 aromatic carbocycles. The van der Waals surface area contributed by atoms with Gasteiger partial charge in [-0.2, -0.15) is 0 Å². The van der Waals surface area contributed by atoms with Crippen LogP contribution in [0.2, 0.25) is 0 Å². The van der Waals surface area contributed by atoms with Gasteiger partial charge in [-0.25, -0.2) is 0 Å². The number of rotatable bonds is 3. The highest BCUT2D eigenvalue weighted by Crippen LogP contribution is 2.54. The monoisotopic (exact) mass is 236 g/mol. The van der Waals surface area contributed by atoms with E-state index in [-0.39, 0.29) is 16.9 Å². The lowest BCUT2D eigenvalue weighted by molar-refractivity contribution is -0.147. The van der Waals surface area contributed by atoms with E-state index >= 15 is 0 Å². The van der Waals surface area contributed by atoms with E-state index in [1.165, 1.54) is 5.57 Å². The molecule has 0 aromatic heterocycles. The summed E-state index contributed by atoms with van der Waals surface area (Å²) >= 11 is 0. The van der Waals surface area contributed by atoms with Crippen molar-refractivity contribution in [2.45, 2.75) is 52.6 Å². The van der Waals surface area contributed by atoms with Crippen LogP contribution in [0.15, 0.2) is 11.6 Å². The SMILES string of the molecule is CO[C@]1(C)C[C@]2(C)C(=O)C[C@H]1C=C2CC(C)C. The van der Waals surface area contributed by atoms with Crippen LogP contribution in [-0.2, 0) is 9.53 Å². The minimum absolute atomic E-state index is 0.150. The second-order valence-electron chi connectivity index (χ2n) is 6.55. The molecule has 0 radical (unpaired) electrons. The molecule has 2 heteroatoms. The second-order valence-corrected chi connectivity index (χ2v) is 6.55. The topological polar surface area (TPSA) is 26.3 Å². The second kappa shape index (κ2) is 3.94. The maximum absolute atomic E-state index is 12.3. The van der Waals surface area contributed by atoms with Gasteiger partial charge in [0.05, 0.1) is 5.60 Å². The molecule has 2 bridgehead atoms. The molecule has 3 aliphatic rings. The van der Waals surface area contributed by atoms with Crippen LogP contribution in [0.5, 0.6) is 0 Å². The minimum Gasteiger partial charge on any atom is -0.378 e. The highest BCUT2D eigenvalue weighted by Gasteiger charge is 2.55. The van der Waals surface area contributed by atoms with Crippen LogP contribution in [0.25, 0.3) is 0 Å². The van der Waals surface area contributed by atoms with Crippen molar-refractivity contribution < 1.29 is 9.53 Å². The Hall–Kier alpha value is -0.630. The van der Waals surface area contributed by atoms with E-state index < -0.39 is 0 Å². The molecule has 0 N–H and O–H groups in total. The van der Waals surface area contributed by atoms with Gasteiger partial charge in [0.15, 0.2) is 0 Å². The molecule has 0 aliphatic heterocycles. The third-order valence-corrected chi connectivity index (χ3v) is 4.72. The Kier molecular flexibility index (Phi) is 2.97. The van der Waals surface area contributed by atoms with Crippen LogP contribution in [0.1, 0.15) is 47.0 Å². The fourth-order valence-corrected chi connectivity index (χ4v) is 3.48. The smallest absolute Gasteiger partial charge is 0.143 e. The molecule has 3 rings (SSSR count). The first-order valence-corrected chi connectivity index (χ1v) is 6.61. The Morgan fingerprint density at radius 2 is 2.12 bits per heavy atom. The zero-order chi connectivity index (χ0) is 12.8. The Bertz CT molecular complexity index is 369. The van der Waals surface area contributed by atoms with Gasteiger partial charge in [-0.1, -0.05) is 25.5 Å². The number of hydrogen-bond donors (Lipinski definition) is 0. The molecule has 0 spiro atoms. The van der Waals surface area contributed by atoms with E-state index in [0.717, 1.165) is 12.8 Å². The van der Waals surface area contributed by atoms with Gasteiger partial charge in [0.2, 0.25) is 0 Å². The van der Waals surface area contributed by atoms with Crippen LogP contribution in [-0.4, -0.2) is 18.5 Å². The molecule has 3 atom stereocenters. The van der Waals surface area contributed by atoms with E-state index in [2.05, 4.69) is 33.8 Å². The third kappa shape index (κ3) is 1.87. The van der Waals surface area contributed by atoms with Crippen molar-refractivity contribution in [3.05, 3.63) is 11.6 Å². The summed E-state index contributed by atoms with van der Waals surface area (Å²) in [6, 6.07) is 0. The van der Waals surface area contributed by atoms with Crippen LogP contribution in [0.4, 0.5) is 0 Å². The number of ether oxygens (including phenoxy) is 1. The summed E-state index contributed by atoms with van der Waals surface area (Å²) in [5.74, 6) is 1.30. The molecule has 0 aromatic rings. The summed E-state index contributed by atoms with van der Waals surface area (Å²) in [5, 5.41) is 0. The average Bonchev–Trinajstić information content (AvgIpc) is 2.22. The molecule has 0 saturated heterocycles. The highest BCUT2D eigenvalue weighted by atomic mass is 16.5. The maximum atomic E-state index is 12.3. The molecular formula is C15H24O2. The molecule has 2 nitrogen and oxygen atoms in total. The standard InChI is InChI=1S/C15H24O2/c1-10(2)6-11-7-12-8-13(16)14(11,3)9-15(12,4)17-5/h7,10,12H,6,8-9H2,1-5H3/t12-,14+,15-/m1/s1. The van der Waals surface area contributed by atoms with E-state index in [1.807, 2.05) is 0 Å². The van der Waals surface area contributed by atoms with E-state index in [9.17, 15) is 4.79 Å². The van der Waals surface area contributed by atoms with E-state index in [4.69, 9.17) is 4.74 Å². The van der Waals surface area contributed by atoms with Gasteiger partial charge in [-0.05, 0) is 32.6 Å². The summed E-state index contributed by atoms with van der Waals surface area (Å²) in [7, 11) is 1.77. The van der Waals surface area contributed by atoms with Gasteiger partial charge in [-0.15, -0.1) is 0 Å². The number of fused-ring (bicyclic) bond motifs is 2. The van der Waals surface area contributed by atoms with Crippen molar-refractivity contribution in [1.82, 2.24) is 0 Å². The van der Waals surface area contributed by atoms with Crippen molar-refractivity contribution in [1.29, 1.82) is 0 Å². The van der Waals surface area contributed by atoms with Crippen molar-refractivity contribution in [2.24, 2.45) is 17.3 Å². The number of carbonyl (C=O) groups is 1. The fraction of sp³-hybridized carbons (Fsp3) is 0.800. The molecule has 1 saturated carbocycles. The first kappa shape index (κ1) is 12.8. The molecule has 3 aliphatic carbocycles. The van der Waals surface area contributed by atoms with Crippen LogP contribution in [0.3, 0.4) is 0 Å². The van der Waals surface area contributed by atoms with Gasteiger partial charge in [-0.3, -0.25) is 4.79 Å². The summed E-state index contributed by atoms with van der Waals surface area (Å²) in [6.45, 7) is 8.68. The van der Waals surface area contributed by atoms with Crippen LogP contribution >= 0.6 is 0 Å². The fourth-order valence-electron chi connectivity index (χ4n) is 3.48. The molecule has 96 valence electrons. The number of carbonyl (C=O) groups excluding carboxylic acids is 1. The first-order chi connectivity index (χ1) is 7.82. The Morgan fingerprint density at radius 1 is 1.47 bits per heavy atom. The molecule has 1 fully saturated rings. The van der Waals surface area contributed by atoms with Crippen molar-refractivity contribution in [3.63, 3.8) is 0 Å². The Labute approximate surface area is 104 Å². The Morgan fingerprint density at radius 3 is 2.65 bits per heavy atom. The third-order valence-electron chi connectivity index (χ3n) is 4.72. The lowest BCUT2D eigenvalue weighted by Crippen LogP contribution is -2.54. The number of methoxy groups -OCH3 is 1. The number of hydrogen-bond acceptors (Lipinski definition) is 2. The lowest BCUT2D eigenvalue weighted by atomic mass is 9.54. The summed E-state index contributed by atoms with van der Waals surface area (Å²) < 4.78 is 5.68. The molecule has 0 unspecified atom stereocenters. The van der Waals surface area contributed by atoms with Gasteiger partial charge in [0, 0.05) is 24.9 Å². The Balaban J connectivity index is 2.38. The normalized spacial score (nSPS) is 40.9. The highest BCUT2D eigenvalue weighted by molar-refractivity contribution is 5.90. The minimum atomic E-state index is -0.274. The van der Waals surface area contributed by atoms with Crippen LogP contribution in [0, 0.1) is 17.3 Å². The summed E-state index contributed by atoms with van der Waals surface area (Å²) in [5.41, 5.74) is 0.927. The molecule has 0 heterocycles. The van der Waals surface area contributed by atoms with Gasteiger partial charge in [0.1, 0.15) is 5.78 Å². The quantitative estimate of drug-likeness (QED) is 0.702. The summed E-state index contributed by atoms with van der Waals surface area (Å²) in [6.07, 6.45) is 4.87. The number of allylic oxidation sites excluding steroid dienone is 1. The zero-order valence-electron chi connectivity index (χ0n) is 11.7. The van der Waals surface area contributed by atoms with E-state index in [0.29, 0.717) is 18.1 Å². The van der Waals surface area contributed by atoms with Crippen molar-refractivity contribution in [3.8, 4) is 0 Å². The number of ketones is 1.